The first-order valence-corrected chi connectivity index (χ1v) is 7.16. The molecule has 1 aliphatic heterocycles. The number of aromatic nitrogens is 2. The second-order valence-electron chi connectivity index (χ2n) is 4.81. The Morgan fingerprint density at radius 2 is 2.16 bits per heavy atom. The maximum absolute atomic E-state index is 6.36. The number of halogens is 1. The molecule has 2 unspecified atom stereocenters. The lowest BCUT2D eigenvalue weighted by atomic mass is 9.97. The highest BCUT2D eigenvalue weighted by atomic mass is 79.9. The van der Waals surface area contributed by atoms with Crippen LogP contribution in [0.3, 0.4) is 0 Å². The van der Waals surface area contributed by atoms with E-state index in [1.54, 1.807) is 0 Å². The minimum Gasteiger partial charge on any atom is -0.381 e. The van der Waals surface area contributed by atoms with Crippen LogP contribution in [0.5, 0.6) is 0 Å². The summed E-state index contributed by atoms with van der Waals surface area (Å²) >= 11 is 3.44. The average Bonchev–Trinajstić information content (AvgIpc) is 3.10. The summed E-state index contributed by atoms with van der Waals surface area (Å²) < 4.78 is 8.53. The predicted octanol–water partition coefficient (Wildman–Crippen LogP) is 2.67. The van der Waals surface area contributed by atoms with Crippen molar-refractivity contribution in [3.8, 4) is 5.69 Å². The number of hydrogen-bond donors (Lipinski definition) is 1. The Balaban J connectivity index is 1.91. The molecule has 100 valence electrons. The van der Waals surface area contributed by atoms with Crippen LogP contribution in [0.2, 0.25) is 0 Å². The van der Waals surface area contributed by atoms with Gasteiger partial charge in [-0.05, 0) is 30.7 Å². The smallest absolute Gasteiger partial charge is 0.0994 e. The highest BCUT2D eigenvalue weighted by molar-refractivity contribution is 9.10. The molecule has 4 nitrogen and oxygen atoms in total. The van der Waals surface area contributed by atoms with Crippen molar-refractivity contribution >= 4 is 15.9 Å². The van der Waals surface area contributed by atoms with Gasteiger partial charge < -0.3 is 15.0 Å². The van der Waals surface area contributed by atoms with Crippen LogP contribution in [0.1, 0.15) is 18.2 Å². The number of hydrogen-bond acceptors (Lipinski definition) is 3. The molecule has 0 amide bonds. The van der Waals surface area contributed by atoms with Crippen LogP contribution in [-0.4, -0.2) is 22.8 Å². The van der Waals surface area contributed by atoms with Gasteiger partial charge in [-0.2, -0.15) is 0 Å². The maximum Gasteiger partial charge on any atom is 0.0994 e. The van der Waals surface area contributed by atoms with Crippen molar-refractivity contribution in [3.63, 3.8) is 0 Å². The fourth-order valence-corrected chi connectivity index (χ4v) is 2.71. The zero-order chi connectivity index (χ0) is 13.2. The maximum atomic E-state index is 6.36. The summed E-state index contributed by atoms with van der Waals surface area (Å²) in [7, 11) is 0. The first kappa shape index (κ1) is 12.8. The molecule has 1 aromatic heterocycles. The molecule has 2 N–H and O–H groups in total. The van der Waals surface area contributed by atoms with E-state index in [4.69, 9.17) is 10.5 Å². The van der Waals surface area contributed by atoms with Gasteiger partial charge in [0.1, 0.15) is 0 Å². The lowest BCUT2D eigenvalue weighted by Crippen LogP contribution is -2.24. The van der Waals surface area contributed by atoms with Crippen molar-refractivity contribution in [2.45, 2.75) is 12.5 Å². The van der Waals surface area contributed by atoms with Crippen molar-refractivity contribution in [2.75, 3.05) is 13.2 Å². The Kier molecular flexibility index (Phi) is 3.68. The Morgan fingerprint density at radius 3 is 2.84 bits per heavy atom. The van der Waals surface area contributed by atoms with Crippen molar-refractivity contribution < 1.29 is 4.74 Å². The molecule has 0 aliphatic carbocycles. The van der Waals surface area contributed by atoms with E-state index in [0.29, 0.717) is 5.92 Å². The summed E-state index contributed by atoms with van der Waals surface area (Å²) in [5, 5.41) is 0. The summed E-state index contributed by atoms with van der Waals surface area (Å²) in [5.41, 5.74) is 8.48. The van der Waals surface area contributed by atoms with E-state index >= 15 is 0 Å². The standard InChI is InChI=1S/C14H16BrN3O/c15-11-1-3-12(4-2-11)18-9-17-7-13(18)14(16)10-5-6-19-8-10/h1-4,7,9-10,14H,5-6,8,16H2. The zero-order valence-corrected chi connectivity index (χ0v) is 12.1. The van der Waals surface area contributed by atoms with Gasteiger partial charge in [0, 0.05) is 22.7 Å². The lowest BCUT2D eigenvalue weighted by molar-refractivity contribution is 0.180. The van der Waals surface area contributed by atoms with E-state index in [1.165, 1.54) is 0 Å². The molecule has 3 rings (SSSR count). The number of nitrogens with zero attached hydrogens (tertiary/aromatic N) is 2. The molecule has 0 spiro atoms. The molecule has 1 saturated heterocycles. The van der Waals surface area contributed by atoms with Crippen molar-refractivity contribution in [2.24, 2.45) is 11.7 Å². The summed E-state index contributed by atoms with van der Waals surface area (Å²) in [4.78, 5) is 4.24. The van der Waals surface area contributed by atoms with Gasteiger partial charge in [-0.1, -0.05) is 15.9 Å². The second-order valence-corrected chi connectivity index (χ2v) is 5.73. The summed E-state index contributed by atoms with van der Waals surface area (Å²) in [5.74, 6) is 0.380. The fraction of sp³-hybridized carbons (Fsp3) is 0.357. The number of imidazole rings is 1. The molecule has 19 heavy (non-hydrogen) atoms. The summed E-state index contributed by atoms with van der Waals surface area (Å²) in [6.45, 7) is 1.55. The highest BCUT2D eigenvalue weighted by Gasteiger charge is 2.26. The molecule has 2 aromatic rings. The normalized spacial score (nSPS) is 20.6. The van der Waals surface area contributed by atoms with Crippen molar-refractivity contribution in [1.82, 2.24) is 9.55 Å². The fourth-order valence-electron chi connectivity index (χ4n) is 2.45. The third kappa shape index (κ3) is 2.59. The van der Waals surface area contributed by atoms with E-state index in [1.807, 2.05) is 36.8 Å². The minimum atomic E-state index is -0.0337. The minimum absolute atomic E-state index is 0.0337. The Labute approximate surface area is 120 Å². The van der Waals surface area contributed by atoms with Gasteiger partial charge in [-0.15, -0.1) is 0 Å². The monoisotopic (exact) mass is 321 g/mol. The number of benzene rings is 1. The highest BCUT2D eigenvalue weighted by Crippen LogP contribution is 2.28. The van der Waals surface area contributed by atoms with Crippen molar-refractivity contribution in [3.05, 3.63) is 47.0 Å². The van der Waals surface area contributed by atoms with E-state index in [-0.39, 0.29) is 6.04 Å². The van der Waals surface area contributed by atoms with Crippen molar-refractivity contribution in [1.29, 1.82) is 0 Å². The topological polar surface area (TPSA) is 53.1 Å². The van der Waals surface area contributed by atoms with Gasteiger partial charge in [0.2, 0.25) is 0 Å². The molecule has 2 heterocycles. The quantitative estimate of drug-likeness (QED) is 0.945. The van der Waals surface area contributed by atoms with E-state index < -0.39 is 0 Å². The lowest BCUT2D eigenvalue weighted by Gasteiger charge is -2.19. The number of nitrogens with two attached hydrogens (primary N) is 1. The van der Waals surface area contributed by atoms with Gasteiger partial charge in [0.15, 0.2) is 0 Å². The first-order chi connectivity index (χ1) is 9.25. The van der Waals surface area contributed by atoms with Gasteiger partial charge >= 0.3 is 0 Å². The van der Waals surface area contributed by atoms with Crippen LogP contribution in [0.15, 0.2) is 41.3 Å². The third-order valence-corrected chi connectivity index (χ3v) is 4.11. The molecule has 0 bridgehead atoms. The van der Waals surface area contributed by atoms with Crippen LogP contribution >= 0.6 is 15.9 Å². The van der Waals surface area contributed by atoms with Crippen LogP contribution in [0.25, 0.3) is 5.69 Å². The molecule has 2 atom stereocenters. The van der Waals surface area contributed by atoms with E-state index in [0.717, 1.165) is 35.5 Å². The molecular weight excluding hydrogens is 306 g/mol. The van der Waals surface area contributed by atoms with Gasteiger partial charge in [0.05, 0.1) is 30.9 Å². The van der Waals surface area contributed by atoms with E-state index in [9.17, 15) is 0 Å². The van der Waals surface area contributed by atoms with Gasteiger partial charge in [-0.3, -0.25) is 0 Å². The predicted molar refractivity (Wildman–Crippen MR) is 77.1 cm³/mol. The summed E-state index contributed by atoms with van der Waals surface area (Å²) in [6, 6.07) is 8.10. The zero-order valence-electron chi connectivity index (χ0n) is 10.5. The van der Waals surface area contributed by atoms with Crippen LogP contribution in [-0.2, 0) is 4.74 Å². The number of ether oxygens (including phenoxy) is 1. The summed E-state index contributed by atoms with van der Waals surface area (Å²) in [6.07, 6.45) is 4.69. The largest absolute Gasteiger partial charge is 0.381 e. The SMILES string of the molecule is NC(c1cncn1-c1ccc(Br)cc1)C1CCOC1. The third-order valence-electron chi connectivity index (χ3n) is 3.59. The molecule has 1 fully saturated rings. The molecule has 1 aromatic carbocycles. The van der Waals surface area contributed by atoms with Crippen LogP contribution in [0.4, 0.5) is 0 Å². The van der Waals surface area contributed by atoms with Gasteiger partial charge in [0.25, 0.3) is 0 Å². The molecule has 0 radical (unpaired) electrons. The molecular formula is C14H16BrN3O. The second kappa shape index (κ2) is 5.45. The Bertz CT molecular complexity index is 546. The Morgan fingerprint density at radius 1 is 1.37 bits per heavy atom. The Hall–Kier alpha value is -1.17. The molecule has 1 aliphatic rings. The first-order valence-electron chi connectivity index (χ1n) is 6.37. The van der Waals surface area contributed by atoms with Crippen LogP contribution < -0.4 is 5.73 Å². The number of rotatable bonds is 3. The molecule has 5 heteroatoms. The van der Waals surface area contributed by atoms with Gasteiger partial charge in [-0.25, -0.2) is 4.98 Å². The average molecular weight is 322 g/mol. The van der Waals surface area contributed by atoms with E-state index in [2.05, 4.69) is 25.5 Å². The molecule has 0 saturated carbocycles. The van der Waals surface area contributed by atoms with Crippen LogP contribution in [0, 0.1) is 5.92 Å².